The number of hydrogen-bond acceptors (Lipinski definition) is 1. The highest BCUT2D eigenvalue weighted by atomic mass is 14.9. The van der Waals surface area contributed by atoms with E-state index in [1.165, 1.54) is 23.2 Å². The van der Waals surface area contributed by atoms with Crippen molar-refractivity contribution in [3.63, 3.8) is 0 Å². The monoisotopic (exact) mass is 203 g/mol. The van der Waals surface area contributed by atoms with E-state index in [1.54, 1.807) is 0 Å². The Kier molecular flexibility index (Phi) is 2.49. The van der Waals surface area contributed by atoms with Crippen molar-refractivity contribution in [2.75, 3.05) is 11.9 Å². The van der Waals surface area contributed by atoms with Gasteiger partial charge in [0, 0.05) is 12.2 Å². The number of hydrogen-bond donors (Lipinski definition) is 1. The van der Waals surface area contributed by atoms with Gasteiger partial charge in [0.2, 0.25) is 0 Å². The van der Waals surface area contributed by atoms with Crippen LogP contribution in [0.2, 0.25) is 0 Å². The maximum atomic E-state index is 3.51. The summed E-state index contributed by atoms with van der Waals surface area (Å²) in [5.41, 5.74) is 4.56. The first-order chi connectivity index (χ1) is 6.98. The zero-order valence-electron chi connectivity index (χ0n) is 10.2. The Hall–Kier alpha value is -0.980. The standard InChI is InChI=1S/C14H21N/c1-10-5-6-11-12(14(2,3)4)7-8-15-13(11)9-10/h5-6,9,12,15H,7-8H2,1-4H3. The second kappa shape index (κ2) is 3.55. The summed E-state index contributed by atoms with van der Waals surface area (Å²) in [6.07, 6.45) is 1.25. The Morgan fingerprint density at radius 1 is 1.27 bits per heavy atom. The summed E-state index contributed by atoms with van der Waals surface area (Å²) >= 11 is 0. The van der Waals surface area contributed by atoms with E-state index in [4.69, 9.17) is 0 Å². The van der Waals surface area contributed by atoms with Crippen LogP contribution in [0.5, 0.6) is 0 Å². The topological polar surface area (TPSA) is 12.0 Å². The molecule has 1 heteroatoms. The Labute approximate surface area is 92.9 Å². The van der Waals surface area contributed by atoms with Gasteiger partial charge in [0.25, 0.3) is 0 Å². The van der Waals surface area contributed by atoms with Crippen LogP contribution in [-0.4, -0.2) is 6.54 Å². The summed E-state index contributed by atoms with van der Waals surface area (Å²) in [6, 6.07) is 6.80. The van der Waals surface area contributed by atoms with Crippen molar-refractivity contribution >= 4 is 5.69 Å². The third-order valence-electron chi connectivity index (χ3n) is 3.38. The lowest BCUT2D eigenvalue weighted by molar-refractivity contribution is 0.305. The minimum Gasteiger partial charge on any atom is -0.385 e. The zero-order chi connectivity index (χ0) is 11.1. The molecule has 15 heavy (non-hydrogen) atoms. The van der Waals surface area contributed by atoms with Crippen molar-refractivity contribution in [2.24, 2.45) is 5.41 Å². The quantitative estimate of drug-likeness (QED) is 0.673. The van der Waals surface area contributed by atoms with Gasteiger partial charge in [0.05, 0.1) is 0 Å². The van der Waals surface area contributed by atoms with Crippen molar-refractivity contribution in [3.8, 4) is 0 Å². The van der Waals surface area contributed by atoms with E-state index in [1.807, 2.05) is 0 Å². The zero-order valence-corrected chi connectivity index (χ0v) is 10.2. The van der Waals surface area contributed by atoms with Gasteiger partial charge in [-0.2, -0.15) is 0 Å². The van der Waals surface area contributed by atoms with E-state index >= 15 is 0 Å². The number of aryl methyl sites for hydroxylation is 1. The van der Waals surface area contributed by atoms with E-state index in [9.17, 15) is 0 Å². The normalized spacial score (nSPS) is 20.7. The fraction of sp³-hybridized carbons (Fsp3) is 0.571. The van der Waals surface area contributed by atoms with Crippen molar-refractivity contribution in [1.29, 1.82) is 0 Å². The van der Waals surface area contributed by atoms with Gasteiger partial charge in [-0.15, -0.1) is 0 Å². The molecular formula is C14H21N. The summed E-state index contributed by atoms with van der Waals surface area (Å²) < 4.78 is 0. The van der Waals surface area contributed by atoms with E-state index in [2.05, 4.69) is 51.2 Å². The van der Waals surface area contributed by atoms with Crippen molar-refractivity contribution < 1.29 is 0 Å². The molecule has 1 heterocycles. The summed E-state index contributed by atoms with van der Waals surface area (Å²) in [5, 5.41) is 3.51. The molecular weight excluding hydrogens is 182 g/mol. The molecule has 0 aromatic heterocycles. The molecule has 1 aromatic rings. The molecule has 1 unspecified atom stereocenters. The third kappa shape index (κ3) is 2.01. The highest BCUT2D eigenvalue weighted by Gasteiger charge is 2.30. The second-order valence-electron chi connectivity index (χ2n) is 5.72. The van der Waals surface area contributed by atoms with Crippen LogP contribution in [0.3, 0.4) is 0 Å². The summed E-state index contributed by atoms with van der Waals surface area (Å²) in [7, 11) is 0. The third-order valence-corrected chi connectivity index (χ3v) is 3.38. The van der Waals surface area contributed by atoms with Gasteiger partial charge in [-0.05, 0) is 41.9 Å². The fourth-order valence-corrected chi connectivity index (χ4v) is 2.53. The van der Waals surface area contributed by atoms with E-state index in [0.29, 0.717) is 11.3 Å². The lowest BCUT2D eigenvalue weighted by Gasteiger charge is -2.36. The Bertz CT molecular complexity index is 360. The lowest BCUT2D eigenvalue weighted by atomic mass is 9.73. The molecule has 0 fully saturated rings. The Morgan fingerprint density at radius 2 is 2.00 bits per heavy atom. The maximum Gasteiger partial charge on any atom is 0.0378 e. The van der Waals surface area contributed by atoms with Gasteiger partial charge in [-0.3, -0.25) is 0 Å². The molecule has 0 spiro atoms. The Morgan fingerprint density at radius 3 is 2.67 bits per heavy atom. The number of nitrogens with one attached hydrogen (secondary N) is 1. The number of rotatable bonds is 0. The molecule has 1 aliphatic heterocycles. The molecule has 1 nitrogen and oxygen atoms in total. The van der Waals surface area contributed by atoms with Crippen LogP contribution >= 0.6 is 0 Å². The second-order valence-corrected chi connectivity index (χ2v) is 5.72. The Balaban J connectivity index is 2.43. The van der Waals surface area contributed by atoms with E-state index in [0.717, 1.165) is 6.54 Å². The summed E-state index contributed by atoms with van der Waals surface area (Å²) in [4.78, 5) is 0. The molecule has 1 aromatic carbocycles. The molecule has 1 atom stereocenters. The first-order valence-corrected chi connectivity index (χ1v) is 5.83. The molecule has 0 bridgehead atoms. The molecule has 82 valence electrons. The average Bonchev–Trinajstić information content (AvgIpc) is 2.15. The van der Waals surface area contributed by atoms with Crippen LogP contribution in [0, 0.1) is 12.3 Å². The molecule has 0 radical (unpaired) electrons. The van der Waals surface area contributed by atoms with Crippen LogP contribution in [0.1, 0.15) is 44.2 Å². The summed E-state index contributed by atoms with van der Waals surface area (Å²) in [5.74, 6) is 0.689. The van der Waals surface area contributed by atoms with E-state index in [-0.39, 0.29) is 0 Å². The SMILES string of the molecule is Cc1ccc2c(c1)NCCC2C(C)(C)C. The predicted octanol–water partition coefficient (Wildman–Crippen LogP) is 3.94. The van der Waals surface area contributed by atoms with Gasteiger partial charge >= 0.3 is 0 Å². The minimum absolute atomic E-state index is 0.367. The van der Waals surface area contributed by atoms with E-state index < -0.39 is 0 Å². The molecule has 0 amide bonds. The highest BCUT2D eigenvalue weighted by Crippen LogP contribution is 2.43. The fourth-order valence-electron chi connectivity index (χ4n) is 2.53. The number of fused-ring (bicyclic) bond motifs is 1. The largest absolute Gasteiger partial charge is 0.385 e. The lowest BCUT2D eigenvalue weighted by Crippen LogP contribution is -2.26. The van der Waals surface area contributed by atoms with Crippen LogP contribution < -0.4 is 5.32 Å². The van der Waals surface area contributed by atoms with Gasteiger partial charge < -0.3 is 5.32 Å². The maximum absolute atomic E-state index is 3.51. The molecule has 2 rings (SSSR count). The van der Waals surface area contributed by atoms with Gasteiger partial charge in [0.1, 0.15) is 0 Å². The number of benzene rings is 1. The van der Waals surface area contributed by atoms with Crippen LogP contribution in [0.4, 0.5) is 5.69 Å². The first kappa shape index (κ1) is 10.5. The molecule has 1 aliphatic rings. The van der Waals surface area contributed by atoms with Gasteiger partial charge in [-0.25, -0.2) is 0 Å². The van der Waals surface area contributed by atoms with Crippen LogP contribution in [0.25, 0.3) is 0 Å². The molecule has 1 N–H and O–H groups in total. The predicted molar refractivity (Wildman–Crippen MR) is 66.5 cm³/mol. The van der Waals surface area contributed by atoms with Gasteiger partial charge in [-0.1, -0.05) is 32.9 Å². The average molecular weight is 203 g/mol. The highest BCUT2D eigenvalue weighted by molar-refractivity contribution is 5.56. The molecule has 0 aliphatic carbocycles. The molecule has 0 saturated carbocycles. The molecule has 0 saturated heterocycles. The van der Waals surface area contributed by atoms with Gasteiger partial charge in [0.15, 0.2) is 0 Å². The minimum atomic E-state index is 0.367. The van der Waals surface area contributed by atoms with Crippen molar-refractivity contribution in [3.05, 3.63) is 29.3 Å². The van der Waals surface area contributed by atoms with Crippen molar-refractivity contribution in [1.82, 2.24) is 0 Å². The van der Waals surface area contributed by atoms with Crippen LogP contribution in [0.15, 0.2) is 18.2 Å². The smallest absolute Gasteiger partial charge is 0.0378 e. The first-order valence-electron chi connectivity index (χ1n) is 5.83. The summed E-state index contributed by atoms with van der Waals surface area (Å²) in [6.45, 7) is 10.3. The van der Waals surface area contributed by atoms with Crippen molar-refractivity contribution in [2.45, 2.75) is 40.0 Å². The number of anilines is 1. The van der Waals surface area contributed by atoms with Crippen LogP contribution in [-0.2, 0) is 0 Å².